The van der Waals surface area contributed by atoms with Gasteiger partial charge in [0.05, 0.1) is 10.6 Å². The Morgan fingerprint density at radius 3 is 2.50 bits per heavy atom. The van der Waals surface area contributed by atoms with E-state index in [4.69, 9.17) is 0 Å². The Morgan fingerprint density at radius 1 is 1.21 bits per heavy atom. The van der Waals surface area contributed by atoms with Gasteiger partial charge in [0.25, 0.3) is 5.69 Å². The molecule has 6 heteroatoms. The molecular formula is C18H24N4O2. The van der Waals surface area contributed by atoms with Crippen LogP contribution < -0.4 is 4.90 Å². The number of piperidine rings is 1. The average molecular weight is 328 g/mol. The Bertz CT molecular complexity index is 745. The van der Waals surface area contributed by atoms with E-state index in [0.717, 1.165) is 49.4 Å². The molecule has 0 unspecified atom stereocenters. The molecule has 1 aliphatic rings. The SMILES string of the molecule is Cc1ccc(N2CCC(Cn3nc(C)cc3C)CC2)c([N+](=O)[O-])c1. The van der Waals surface area contributed by atoms with Crippen molar-refractivity contribution in [3.8, 4) is 0 Å². The summed E-state index contributed by atoms with van der Waals surface area (Å²) in [5, 5.41) is 15.9. The highest BCUT2D eigenvalue weighted by Crippen LogP contribution is 2.32. The summed E-state index contributed by atoms with van der Waals surface area (Å²) in [6.45, 7) is 8.63. The van der Waals surface area contributed by atoms with E-state index in [1.807, 2.05) is 26.0 Å². The topological polar surface area (TPSA) is 64.2 Å². The first-order valence-corrected chi connectivity index (χ1v) is 8.45. The molecule has 24 heavy (non-hydrogen) atoms. The normalized spacial score (nSPS) is 15.7. The Kier molecular flexibility index (Phi) is 4.55. The lowest BCUT2D eigenvalue weighted by atomic mass is 9.96. The van der Waals surface area contributed by atoms with Crippen LogP contribution in [0.2, 0.25) is 0 Å². The Labute approximate surface area is 142 Å². The van der Waals surface area contributed by atoms with Gasteiger partial charge in [-0.1, -0.05) is 6.07 Å². The fourth-order valence-electron chi connectivity index (χ4n) is 3.51. The van der Waals surface area contributed by atoms with E-state index in [-0.39, 0.29) is 10.6 Å². The molecule has 2 heterocycles. The lowest BCUT2D eigenvalue weighted by Crippen LogP contribution is -2.35. The summed E-state index contributed by atoms with van der Waals surface area (Å²) in [7, 11) is 0. The molecule has 0 aliphatic carbocycles. The third-order valence-corrected chi connectivity index (χ3v) is 4.82. The minimum Gasteiger partial charge on any atom is -0.366 e. The van der Waals surface area contributed by atoms with Gasteiger partial charge in [0, 0.05) is 31.4 Å². The third kappa shape index (κ3) is 3.42. The molecule has 0 amide bonds. The quantitative estimate of drug-likeness (QED) is 0.635. The fourth-order valence-corrected chi connectivity index (χ4v) is 3.51. The summed E-state index contributed by atoms with van der Waals surface area (Å²) >= 11 is 0. The molecule has 1 aliphatic heterocycles. The summed E-state index contributed by atoms with van der Waals surface area (Å²) < 4.78 is 2.09. The first-order valence-electron chi connectivity index (χ1n) is 8.45. The van der Waals surface area contributed by atoms with Gasteiger partial charge in [-0.3, -0.25) is 14.8 Å². The van der Waals surface area contributed by atoms with Crippen LogP contribution in [-0.4, -0.2) is 27.8 Å². The van der Waals surface area contributed by atoms with Crippen molar-refractivity contribution in [2.45, 2.75) is 40.2 Å². The van der Waals surface area contributed by atoms with E-state index in [2.05, 4.69) is 27.7 Å². The van der Waals surface area contributed by atoms with Gasteiger partial charge in [0.2, 0.25) is 0 Å². The highest BCUT2D eigenvalue weighted by Gasteiger charge is 2.25. The Morgan fingerprint density at radius 2 is 1.92 bits per heavy atom. The van der Waals surface area contributed by atoms with E-state index in [9.17, 15) is 10.1 Å². The van der Waals surface area contributed by atoms with Gasteiger partial charge < -0.3 is 4.90 Å². The van der Waals surface area contributed by atoms with Crippen LogP contribution in [0.5, 0.6) is 0 Å². The molecule has 0 spiro atoms. The molecule has 128 valence electrons. The lowest BCUT2D eigenvalue weighted by Gasteiger charge is -2.33. The Hall–Kier alpha value is -2.37. The van der Waals surface area contributed by atoms with Crippen molar-refractivity contribution in [2.24, 2.45) is 5.92 Å². The van der Waals surface area contributed by atoms with Gasteiger partial charge >= 0.3 is 0 Å². The van der Waals surface area contributed by atoms with Crippen molar-refractivity contribution >= 4 is 11.4 Å². The van der Waals surface area contributed by atoms with Crippen molar-refractivity contribution in [1.29, 1.82) is 0 Å². The molecule has 1 saturated heterocycles. The summed E-state index contributed by atoms with van der Waals surface area (Å²) in [4.78, 5) is 13.2. The number of aromatic nitrogens is 2. The zero-order valence-electron chi connectivity index (χ0n) is 14.5. The van der Waals surface area contributed by atoms with Crippen LogP contribution in [0.4, 0.5) is 11.4 Å². The fraction of sp³-hybridized carbons (Fsp3) is 0.500. The number of nitrogens with zero attached hydrogens (tertiary/aromatic N) is 4. The van der Waals surface area contributed by atoms with Gasteiger partial charge in [0.1, 0.15) is 5.69 Å². The highest BCUT2D eigenvalue weighted by atomic mass is 16.6. The number of hydrogen-bond donors (Lipinski definition) is 0. The monoisotopic (exact) mass is 328 g/mol. The minimum absolute atomic E-state index is 0.215. The van der Waals surface area contributed by atoms with Gasteiger partial charge in [-0.2, -0.15) is 5.10 Å². The summed E-state index contributed by atoms with van der Waals surface area (Å²) in [6, 6.07) is 7.60. The molecule has 6 nitrogen and oxygen atoms in total. The molecule has 1 aromatic carbocycles. The van der Waals surface area contributed by atoms with Gasteiger partial charge in [-0.25, -0.2) is 0 Å². The van der Waals surface area contributed by atoms with Crippen molar-refractivity contribution in [3.05, 3.63) is 51.3 Å². The molecule has 0 atom stereocenters. The van der Waals surface area contributed by atoms with Crippen LogP contribution in [-0.2, 0) is 6.54 Å². The van der Waals surface area contributed by atoms with Crippen molar-refractivity contribution < 1.29 is 4.92 Å². The average Bonchev–Trinajstić information content (AvgIpc) is 2.85. The molecule has 0 radical (unpaired) electrons. The molecule has 3 rings (SSSR count). The number of rotatable bonds is 4. The van der Waals surface area contributed by atoms with E-state index < -0.39 is 0 Å². The van der Waals surface area contributed by atoms with Crippen molar-refractivity contribution in [1.82, 2.24) is 9.78 Å². The zero-order chi connectivity index (χ0) is 17.3. The predicted molar refractivity (Wildman–Crippen MR) is 94.5 cm³/mol. The van der Waals surface area contributed by atoms with Gasteiger partial charge in [-0.05, 0) is 57.2 Å². The number of nitro benzene ring substituents is 1. The molecule has 0 saturated carbocycles. The number of anilines is 1. The third-order valence-electron chi connectivity index (χ3n) is 4.82. The van der Waals surface area contributed by atoms with Crippen molar-refractivity contribution in [3.63, 3.8) is 0 Å². The molecular weight excluding hydrogens is 304 g/mol. The van der Waals surface area contributed by atoms with Crippen LogP contribution in [0.15, 0.2) is 24.3 Å². The Balaban J connectivity index is 1.67. The predicted octanol–water partition coefficient (Wildman–Crippen LogP) is 3.63. The number of aryl methyl sites for hydroxylation is 3. The second-order valence-corrected chi connectivity index (χ2v) is 6.79. The van der Waals surface area contributed by atoms with Crippen LogP contribution in [0.3, 0.4) is 0 Å². The van der Waals surface area contributed by atoms with Crippen LogP contribution in [0, 0.1) is 36.8 Å². The summed E-state index contributed by atoms with van der Waals surface area (Å²) in [5.41, 5.74) is 4.14. The van der Waals surface area contributed by atoms with Crippen LogP contribution >= 0.6 is 0 Å². The van der Waals surface area contributed by atoms with Crippen LogP contribution in [0.25, 0.3) is 0 Å². The molecule has 0 N–H and O–H groups in total. The van der Waals surface area contributed by atoms with Gasteiger partial charge in [0.15, 0.2) is 0 Å². The number of benzene rings is 1. The molecule has 2 aromatic rings. The number of hydrogen-bond acceptors (Lipinski definition) is 4. The zero-order valence-corrected chi connectivity index (χ0v) is 14.5. The second-order valence-electron chi connectivity index (χ2n) is 6.79. The standard InChI is InChI=1S/C18H24N4O2/c1-13-4-5-17(18(10-13)22(23)24)20-8-6-16(7-9-20)12-21-15(3)11-14(2)19-21/h4-5,10-11,16H,6-9,12H2,1-3H3. The highest BCUT2D eigenvalue weighted by molar-refractivity contribution is 5.64. The molecule has 1 fully saturated rings. The molecule has 1 aromatic heterocycles. The van der Waals surface area contributed by atoms with Gasteiger partial charge in [-0.15, -0.1) is 0 Å². The smallest absolute Gasteiger partial charge is 0.292 e. The maximum absolute atomic E-state index is 11.3. The van der Waals surface area contributed by atoms with E-state index in [1.54, 1.807) is 6.07 Å². The van der Waals surface area contributed by atoms with E-state index in [1.165, 1.54) is 5.69 Å². The first kappa shape index (κ1) is 16.5. The van der Waals surface area contributed by atoms with Crippen molar-refractivity contribution in [2.75, 3.05) is 18.0 Å². The second kappa shape index (κ2) is 6.63. The van der Waals surface area contributed by atoms with E-state index in [0.29, 0.717) is 5.92 Å². The van der Waals surface area contributed by atoms with E-state index >= 15 is 0 Å². The first-order chi connectivity index (χ1) is 11.4. The largest absolute Gasteiger partial charge is 0.366 e. The lowest BCUT2D eigenvalue weighted by molar-refractivity contribution is -0.384. The summed E-state index contributed by atoms with van der Waals surface area (Å²) in [5.74, 6) is 0.573. The maximum atomic E-state index is 11.3. The maximum Gasteiger partial charge on any atom is 0.292 e. The number of nitro groups is 1. The molecule has 0 bridgehead atoms. The van der Waals surface area contributed by atoms with Crippen LogP contribution in [0.1, 0.15) is 29.8 Å². The minimum atomic E-state index is -0.274. The summed E-state index contributed by atoms with van der Waals surface area (Å²) in [6.07, 6.45) is 2.06.